The van der Waals surface area contributed by atoms with E-state index in [9.17, 15) is 4.79 Å². The van der Waals surface area contributed by atoms with E-state index in [-0.39, 0.29) is 5.56 Å². The second-order valence-electron chi connectivity index (χ2n) is 3.85. The van der Waals surface area contributed by atoms with Crippen LogP contribution in [-0.2, 0) is 6.54 Å². The molecule has 0 radical (unpaired) electrons. The van der Waals surface area contributed by atoms with Crippen LogP contribution >= 0.6 is 22.6 Å². The third-order valence-corrected chi connectivity index (χ3v) is 3.30. The molecule has 0 unspecified atom stereocenters. The van der Waals surface area contributed by atoms with Crippen molar-refractivity contribution >= 4 is 28.6 Å². The molecule has 0 aliphatic carbocycles. The van der Waals surface area contributed by atoms with Gasteiger partial charge in [-0.15, -0.1) is 5.10 Å². The largest absolute Gasteiger partial charge is 0.478 e. The van der Waals surface area contributed by atoms with Crippen LogP contribution < -0.4 is 4.74 Å². The zero-order chi connectivity index (χ0) is 13.8. The zero-order valence-electron chi connectivity index (χ0n) is 10.2. The normalized spacial score (nSPS) is 10.4. The number of carbonyl (C=O) groups is 1. The van der Waals surface area contributed by atoms with Crippen LogP contribution in [0.1, 0.15) is 23.7 Å². The molecule has 2 rings (SSSR count). The first-order valence-electron chi connectivity index (χ1n) is 5.71. The number of rotatable bonds is 5. The van der Waals surface area contributed by atoms with E-state index in [4.69, 9.17) is 9.84 Å². The number of hydrogen-bond donors (Lipinski definition) is 1. The molecule has 0 saturated heterocycles. The van der Waals surface area contributed by atoms with Gasteiger partial charge in [0.2, 0.25) is 5.88 Å². The Labute approximate surface area is 123 Å². The number of aromatic carboxylic acids is 1. The lowest BCUT2D eigenvalue weighted by Gasteiger charge is -2.09. The van der Waals surface area contributed by atoms with E-state index in [2.05, 4.69) is 32.9 Å². The minimum atomic E-state index is -0.985. The van der Waals surface area contributed by atoms with Crippen molar-refractivity contribution in [3.8, 4) is 11.6 Å². The van der Waals surface area contributed by atoms with Crippen molar-refractivity contribution in [1.82, 2.24) is 15.0 Å². The summed E-state index contributed by atoms with van der Waals surface area (Å²) in [4.78, 5) is 10.9. The highest BCUT2D eigenvalue weighted by molar-refractivity contribution is 14.1. The maximum absolute atomic E-state index is 10.9. The number of halogens is 1. The van der Waals surface area contributed by atoms with E-state index in [0.29, 0.717) is 18.2 Å². The first kappa shape index (κ1) is 13.8. The van der Waals surface area contributed by atoms with Crippen LogP contribution in [0.2, 0.25) is 0 Å². The minimum Gasteiger partial charge on any atom is -0.478 e. The highest BCUT2D eigenvalue weighted by Crippen LogP contribution is 2.27. The summed E-state index contributed by atoms with van der Waals surface area (Å²) in [7, 11) is 0. The van der Waals surface area contributed by atoms with Gasteiger partial charge in [0.15, 0.2) is 0 Å². The third kappa shape index (κ3) is 3.22. The summed E-state index contributed by atoms with van der Waals surface area (Å²) in [6, 6.07) is 4.74. The van der Waals surface area contributed by atoms with Crippen molar-refractivity contribution in [2.45, 2.75) is 19.9 Å². The number of nitrogens with zero attached hydrogens (tertiary/aromatic N) is 3. The van der Waals surface area contributed by atoms with Crippen molar-refractivity contribution in [1.29, 1.82) is 0 Å². The van der Waals surface area contributed by atoms with E-state index >= 15 is 0 Å². The lowest BCUT2D eigenvalue weighted by Crippen LogP contribution is -2.03. The van der Waals surface area contributed by atoms with Crippen LogP contribution in [0.4, 0.5) is 0 Å². The first-order valence-corrected chi connectivity index (χ1v) is 6.79. The van der Waals surface area contributed by atoms with Gasteiger partial charge in [-0.1, -0.05) is 12.1 Å². The first-order chi connectivity index (χ1) is 9.11. The lowest BCUT2D eigenvalue weighted by molar-refractivity contribution is 0.0696. The third-order valence-electron chi connectivity index (χ3n) is 2.41. The van der Waals surface area contributed by atoms with Gasteiger partial charge in [0.05, 0.1) is 9.13 Å². The molecule has 0 aliphatic rings. The topological polar surface area (TPSA) is 77.2 Å². The zero-order valence-corrected chi connectivity index (χ0v) is 12.4. The van der Waals surface area contributed by atoms with Gasteiger partial charge in [0.1, 0.15) is 11.9 Å². The molecule has 1 heterocycles. The van der Waals surface area contributed by atoms with Gasteiger partial charge in [0, 0.05) is 6.54 Å². The predicted octanol–water partition coefficient (Wildman–Crippen LogP) is 2.78. The monoisotopic (exact) mass is 373 g/mol. The number of hydrogen-bond acceptors (Lipinski definition) is 4. The molecular weight excluding hydrogens is 361 g/mol. The fourth-order valence-electron chi connectivity index (χ4n) is 1.52. The van der Waals surface area contributed by atoms with Gasteiger partial charge in [-0.3, -0.25) is 0 Å². The summed E-state index contributed by atoms with van der Waals surface area (Å²) >= 11 is 2.09. The van der Waals surface area contributed by atoms with Gasteiger partial charge >= 0.3 is 5.97 Å². The molecule has 0 saturated carbocycles. The van der Waals surface area contributed by atoms with E-state index in [1.54, 1.807) is 16.8 Å². The summed E-state index contributed by atoms with van der Waals surface area (Å²) in [6.07, 6.45) is 2.42. The predicted molar refractivity (Wildman–Crippen MR) is 76.5 cm³/mol. The van der Waals surface area contributed by atoms with Gasteiger partial charge in [-0.25, -0.2) is 9.48 Å². The van der Waals surface area contributed by atoms with Crippen LogP contribution in [0.25, 0.3) is 0 Å². The molecule has 0 bridgehead atoms. The molecule has 100 valence electrons. The second kappa shape index (κ2) is 6.00. The molecule has 0 atom stereocenters. The molecule has 0 aliphatic heterocycles. The van der Waals surface area contributed by atoms with Crippen molar-refractivity contribution in [3.05, 3.63) is 33.5 Å². The summed E-state index contributed by atoms with van der Waals surface area (Å²) in [5, 5.41) is 16.7. The Morgan fingerprint density at radius 1 is 1.53 bits per heavy atom. The molecule has 6 nitrogen and oxygen atoms in total. The molecule has 19 heavy (non-hydrogen) atoms. The van der Waals surface area contributed by atoms with Gasteiger partial charge in [-0.2, -0.15) is 0 Å². The van der Waals surface area contributed by atoms with Crippen LogP contribution in [0.3, 0.4) is 0 Å². The summed E-state index contributed by atoms with van der Waals surface area (Å²) in [5.41, 5.74) is 0.185. The Morgan fingerprint density at radius 2 is 2.32 bits per heavy atom. The van der Waals surface area contributed by atoms with E-state index < -0.39 is 5.97 Å². The van der Waals surface area contributed by atoms with Gasteiger partial charge in [-0.05, 0) is 47.2 Å². The summed E-state index contributed by atoms with van der Waals surface area (Å²) in [6.45, 7) is 2.73. The Balaban J connectivity index is 2.29. The van der Waals surface area contributed by atoms with Crippen LogP contribution in [0.15, 0.2) is 24.4 Å². The Hall–Kier alpha value is -1.64. The highest BCUT2D eigenvalue weighted by Gasteiger charge is 2.11. The van der Waals surface area contributed by atoms with Crippen LogP contribution in [0, 0.1) is 3.57 Å². The second-order valence-corrected chi connectivity index (χ2v) is 5.01. The quantitative estimate of drug-likeness (QED) is 0.816. The molecule has 1 aromatic heterocycles. The van der Waals surface area contributed by atoms with Crippen molar-refractivity contribution in [2.75, 3.05) is 0 Å². The van der Waals surface area contributed by atoms with E-state index in [1.807, 2.05) is 6.92 Å². The average Bonchev–Trinajstić information content (AvgIpc) is 2.80. The number of benzene rings is 1. The van der Waals surface area contributed by atoms with Crippen LogP contribution in [0.5, 0.6) is 11.6 Å². The molecule has 0 fully saturated rings. The molecule has 2 aromatic rings. The Morgan fingerprint density at radius 3 is 3.00 bits per heavy atom. The molecule has 0 spiro atoms. The number of carboxylic acid groups (broad SMARTS) is 1. The Kier molecular flexibility index (Phi) is 4.35. The fourth-order valence-corrected chi connectivity index (χ4v) is 1.97. The number of aromatic nitrogens is 3. The van der Waals surface area contributed by atoms with E-state index in [0.717, 1.165) is 9.99 Å². The van der Waals surface area contributed by atoms with Crippen molar-refractivity contribution < 1.29 is 14.6 Å². The number of ether oxygens (including phenoxy) is 1. The summed E-state index contributed by atoms with van der Waals surface area (Å²) in [5.74, 6) is 0.00361. The smallest absolute Gasteiger partial charge is 0.335 e. The Bertz CT molecular complexity index is 598. The SMILES string of the molecule is CCCn1nncc1Oc1cc(C(=O)O)ccc1I. The maximum atomic E-state index is 10.9. The fraction of sp³-hybridized carbons (Fsp3) is 0.250. The minimum absolute atomic E-state index is 0.185. The standard InChI is InChI=1S/C12H12IN3O3/c1-2-5-16-11(7-14-15-16)19-10-6-8(12(17)18)3-4-9(10)13/h3-4,6-7H,2,5H2,1H3,(H,17,18). The lowest BCUT2D eigenvalue weighted by atomic mass is 10.2. The number of aryl methyl sites for hydroxylation is 1. The highest BCUT2D eigenvalue weighted by atomic mass is 127. The maximum Gasteiger partial charge on any atom is 0.335 e. The molecule has 1 N–H and O–H groups in total. The molecule has 7 heteroatoms. The van der Waals surface area contributed by atoms with Crippen LogP contribution in [-0.4, -0.2) is 26.1 Å². The average molecular weight is 373 g/mol. The summed E-state index contributed by atoms with van der Waals surface area (Å²) < 4.78 is 8.16. The molecular formula is C12H12IN3O3. The van der Waals surface area contributed by atoms with Gasteiger partial charge < -0.3 is 9.84 Å². The molecule has 1 aromatic carbocycles. The van der Waals surface area contributed by atoms with E-state index in [1.165, 1.54) is 12.3 Å². The number of carboxylic acids is 1. The van der Waals surface area contributed by atoms with Gasteiger partial charge in [0.25, 0.3) is 0 Å². The van der Waals surface area contributed by atoms with Crippen molar-refractivity contribution in [3.63, 3.8) is 0 Å². The molecule has 0 amide bonds. The van der Waals surface area contributed by atoms with Crippen molar-refractivity contribution in [2.24, 2.45) is 0 Å².